The zero-order valence-electron chi connectivity index (χ0n) is 6.96. The van der Waals surface area contributed by atoms with Gasteiger partial charge in [-0.1, -0.05) is 18.2 Å². The third-order valence-electron chi connectivity index (χ3n) is 1.81. The summed E-state index contributed by atoms with van der Waals surface area (Å²) in [5, 5.41) is 10.9. The molecule has 0 saturated heterocycles. The molecule has 0 bridgehead atoms. The first-order valence-electron chi connectivity index (χ1n) is 3.93. The number of tetrazole rings is 1. The predicted molar refractivity (Wildman–Crippen MR) is 47.0 cm³/mol. The molecule has 2 N–H and O–H groups in total. The van der Waals surface area contributed by atoms with Crippen LogP contribution in [0.3, 0.4) is 0 Å². The van der Waals surface area contributed by atoms with Crippen LogP contribution in [0, 0.1) is 0 Å². The van der Waals surface area contributed by atoms with Crippen LogP contribution in [0.5, 0.6) is 0 Å². The van der Waals surface area contributed by atoms with Crippen molar-refractivity contribution in [2.45, 2.75) is 6.54 Å². The van der Waals surface area contributed by atoms with E-state index in [2.05, 4.69) is 15.5 Å². The molecule has 1 aromatic heterocycles. The molecule has 66 valence electrons. The molecule has 0 aliphatic rings. The normalized spacial score (nSPS) is 10.2. The summed E-state index contributed by atoms with van der Waals surface area (Å²) in [5.74, 6) is 0. The molecule has 5 nitrogen and oxygen atoms in total. The van der Waals surface area contributed by atoms with Gasteiger partial charge in [-0.3, -0.25) is 0 Å². The van der Waals surface area contributed by atoms with Crippen molar-refractivity contribution in [3.05, 3.63) is 36.2 Å². The van der Waals surface area contributed by atoms with Crippen molar-refractivity contribution in [3.8, 4) is 5.69 Å². The molecule has 0 fully saturated rings. The number of hydrogen-bond acceptors (Lipinski definition) is 4. The SMILES string of the molecule is NCc1ccccc1-n1cnnn1. The van der Waals surface area contributed by atoms with E-state index in [1.54, 1.807) is 11.0 Å². The Morgan fingerprint density at radius 2 is 2.15 bits per heavy atom. The zero-order valence-corrected chi connectivity index (χ0v) is 6.96. The molecule has 0 aliphatic carbocycles. The van der Waals surface area contributed by atoms with Crippen molar-refractivity contribution in [3.63, 3.8) is 0 Å². The lowest BCUT2D eigenvalue weighted by Crippen LogP contribution is -2.04. The highest BCUT2D eigenvalue weighted by atomic mass is 15.5. The van der Waals surface area contributed by atoms with Crippen molar-refractivity contribution in [2.24, 2.45) is 5.73 Å². The average molecular weight is 175 g/mol. The van der Waals surface area contributed by atoms with Crippen molar-refractivity contribution < 1.29 is 0 Å². The fraction of sp³-hybridized carbons (Fsp3) is 0.125. The first-order valence-corrected chi connectivity index (χ1v) is 3.93. The second-order valence-corrected chi connectivity index (χ2v) is 2.59. The molecule has 0 unspecified atom stereocenters. The molecule has 0 amide bonds. The Balaban J connectivity index is 2.51. The maximum Gasteiger partial charge on any atom is 0.143 e. The van der Waals surface area contributed by atoms with Gasteiger partial charge < -0.3 is 5.73 Å². The molecule has 0 aliphatic heterocycles. The molecule has 0 radical (unpaired) electrons. The van der Waals surface area contributed by atoms with Gasteiger partial charge in [0.2, 0.25) is 0 Å². The van der Waals surface area contributed by atoms with Crippen LogP contribution in [-0.2, 0) is 6.54 Å². The van der Waals surface area contributed by atoms with Crippen LogP contribution in [0.25, 0.3) is 5.69 Å². The lowest BCUT2D eigenvalue weighted by molar-refractivity contribution is 0.780. The number of nitrogens with two attached hydrogens (primary N) is 1. The summed E-state index contributed by atoms with van der Waals surface area (Å²) < 4.78 is 1.60. The minimum atomic E-state index is 0.482. The topological polar surface area (TPSA) is 69.6 Å². The third kappa shape index (κ3) is 1.41. The van der Waals surface area contributed by atoms with E-state index < -0.39 is 0 Å². The van der Waals surface area contributed by atoms with Crippen LogP contribution >= 0.6 is 0 Å². The van der Waals surface area contributed by atoms with Gasteiger partial charge in [0, 0.05) is 6.54 Å². The van der Waals surface area contributed by atoms with E-state index in [9.17, 15) is 0 Å². The van der Waals surface area contributed by atoms with Gasteiger partial charge >= 0.3 is 0 Å². The van der Waals surface area contributed by atoms with Crippen LogP contribution in [0.4, 0.5) is 0 Å². The molecule has 5 heteroatoms. The predicted octanol–water partition coefficient (Wildman–Crippen LogP) is 0.121. The number of benzene rings is 1. The second kappa shape index (κ2) is 3.32. The lowest BCUT2D eigenvalue weighted by Gasteiger charge is -2.04. The van der Waals surface area contributed by atoms with Crippen LogP contribution in [0.15, 0.2) is 30.6 Å². The molecule has 1 aromatic carbocycles. The average Bonchev–Trinajstić information content (AvgIpc) is 2.70. The van der Waals surface area contributed by atoms with Crippen LogP contribution in [0.1, 0.15) is 5.56 Å². The largest absolute Gasteiger partial charge is 0.326 e. The van der Waals surface area contributed by atoms with Crippen molar-refractivity contribution in [1.82, 2.24) is 20.2 Å². The van der Waals surface area contributed by atoms with Gasteiger partial charge in [-0.05, 0) is 22.1 Å². The van der Waals surface area contributed by atoms with E-state index in [0.29, 0.717) is 6.54 Å². The second-order valence-electron chi connectivity index (χ2n) is 2.59. The summed E-state index contributed by atoms with van der Waals surface area (Å²) in [6, 6.07) is 7.75. The Bertz CT molecular complexity index is 381. The minimum absolute atomic E-state index is 0.482. The van der Waals surface area contributed by atoms with Crippen molar-refractivity contribution in [2.75, 3.05) is 0 Å². The highest BCUT2D eigenvalue weighted by Crippen LogP contribution is 2.10. The van der Waals surface area contributed by atoms with Crippen LogP contribution < -0.4 is 5.73 Å². The smallest absolute Gasteiger partial charge is 0.143 e. The first-order chi connectivity index (χ1) is 6.42. The summed E-state index contributed by atoms with van der Waals surface area (Å²) in [4.78, 5) is 0. The summed E-state index contributed by atoms with van der Waals surface area (Å²) in [6.07, 6.45) is 1.55. The van der Waals surface area contributed by atoms with E-state index in [0.717, 1.165) is 11.3 Å². The molecule has 0 spiro atoms. The van der Waals surface area contributed by atoms with Crippen molar-refractivity contribution >= 4 is 0 Å². The van der Waals surface area contributed by atoms with E-state index >= 15 is 0 Å². The highest BCUT2D eigenvalue weighted by Gasteiger charge is 2.02. The number of hydrogen-bond donors (Lipinski definition) is 1. The zero-order chi connectivity index (χ0) is 9.10. The highest BCUT2D eigenvalue weighted by molar-refractivity contribution is 5.39. The maximum absolute atomic E-state index is 5.57. The maximum atomic E-state index is 5.57. The quantitative estimate of drug-likeness (QED) is 0.703. The molecular weight excluding hydrogens is 166 g/mol. The van der Waals surface area contributed by atoms with Gasteiger partial charge in [-0.15, -0.1) is 5.10 Å². The number of aromatic nitrogens is 4. The monoisotopic (exact) mass is 175 g/mol. The first kappa shape index (κ1) is 7.88. The standard InChI is InChI=1S/C8H9N5/c9-5-7-3-1-2-4-8(7)13-6-10-11-12-13/h1-4,6H,5,9H2. The molecular formula is C8H9N5. The van der Waals surface area contributed by atoms with Gasteiger partial charge in [-0.2, -0.15) is 0 Å². The van der Waals surface area contributed by atoms with Gasteiger partial charge in [-0.25, -0.2) is 4.68 Å². The van der Waals surface area contributed by atoms with Gasteiger partial charge in [0.05, 0.1) is 5.69 Å². The van der Waals surface area contributed by atoms with Crippen molar-refractivity contribution in [1.29, 1.82) is 0 Å². The lowest BCUT2D eigenvalue weighted by atomic mass is 10.2. The Labute approximate surface area is 75.2 Å². The van der Waals surface area contributed by atoms with Gasteiger partial charge in [0.25, 0.3) is 0 Å². The third-order valence-corrected chi connectivity index (χ3v) is 1.81. The summed E-state index contributed by atoms with van der Waals surface area (Å²) in [5.41, 5.74) is 7.52. The Morgan fingerprint density at radius 3 is 2.85 bits per heavy atom. The molecule has 13 heavy (non-hydrogen) atoms. The van der Waals surface area contributed by atoms with E-state index in [1.165, 1.54) is 0 Å². The number of rotatable bonds is 2. The van der Waals surface area contributed by atoms with E-state index in [-0.39, 0.29) is 0 Å². The fourth-order valence-electron chi connectivity index (χ4n) is 1.18. The van der Waals surface area contributed by atoms with Gasteiger partial charge in [0.1, 0.15) is 6.33 Å². The number of nitrogens with zero attached hydrogens (tertiary/aromatic N) is 4. The molecule has 0 saturated carbocycles. The van der Waals surface area contributed by atoms with E-state index in [1.807, 2.05) is 24.3 Å². The Hall–Kier alpha value is -1.75. The van der Waals surface area contributed by atoms with Gasteiger partial charge in [0.15, 0.2) is 0 Å². The Kier molecular flexibility index (Phi) is 2.01. The fourth-order valence-corrected chi connectivity index (χ4v) is 1.18. The summed E-state index contributed by atoms with van der Waals surface area (Å²) in [7, 11) is 0. The van der Waals surface area contributed by atoms with Crippen LogP contribution in [0.2, 0.25) is 0 Å². The number of para-hydroxylation sites is 1. The Morgan fingerprint density at radius 1 is 1.31 bits per heavy atom. The minimum Gasteiger partial charge on any atom is -0.326 e. The summed E-state index contributed by atoms with van der Waals surface area (Å²) in [6.45, 7) is 0.482. The molecule has 0 atom stereocenters. The molecule has 2 aromatic rings. The summed E-state index contributed by atoms with van der Waals surface area (Å²) >= 11 is 0. The van der Waals surface area contributed by atoms with E-state index in [4.69, 9.17) is 5.73 Å². The molecule has 1 heterocycles. The molecule has 2 rings (SSSR count). The van der Waals surface area contributed by atoms with Crippen LogP contribution in [-0.4, -0.2) is 20.2 Å².